The molecule has 0 unspecified atom stereocenters. The van der Waals surface area contributed by atoms with Gasteiger partial charge in [-0.3, -0.25) is 14.4 Å². The lowest BCUT2D eigenvalue weighted by Crippen LogP contribution is -2.42. The molecule has 30 heavy (non-hydrogen) atoms. The van der Waals surface area contributed by atoms with Gasteiger partial charge in [0.15, 0.2) is 0 Å². The molecular formula is C23H28N4O3. The Morgan fingerprint density at radius 1 is 1.23 bits per heavy atom. The molecule has 2 amide bonds. The summed E-state index contributed by atoms with van der Waals surface area (Å²) in [6.45, 7) is 5.11. The Bertz CT molecular complexity index is 1030. The van der Waals surface area contributed by atoms with Gasteiger partial charge in [0, 0.05) is 25.6 Å². The maximum absolute atomic E-state index is 13.1. The van der Waals surface area contributed by atoms with E-state index < -0.39 is 0 Å². The normalized spacial score (nSPS) is 18.8. The summed E-state index contributed by atoms with van der Waals surface area (Å²) in [5.41, 5.74) is 3.30. The van der Waals surface area contributed by atoms with Crippen LogP contribution in [0.1, 0.15) is 60.4 Å². The van der Waals surface area contributed by atoms with E-state index in [1.54, 1.807) is 4.90 Å². The van der Waals surface area contributed by atoms with E-state index in [2.05, 4.69) is 4.98 Å². The van der Waals surface area contributed by atoms with Crippen molar-refractivity contribution in [2.75, 3.05) is 13.1 Å². The summed E-state index contributed by atoms with van der Waals surface area (Å²) < 4.78 is 0. The topological polar surface area (TPSA) is 86.4 Å². The summed E-state index contributed by atoms with van der Waals surface area (Å²) in [6, 6.07) is 7.76. The number of piperidine rings is 1. The smallest absolute Gasteiger partial charge is 0.254 e. The van der Waals surface area contributed by atoms with Gasteiger partial charge in [-0.25, -0.2) is 4.98 Å². The van der Waals surface area contributed by atoms with Gasteiger partial charge >= 0.3 is 0 Å². The number of nitrogens with zero attached hydrogens (tertiary/aromatic N) is 3. The first-order valence-electron chi connectivity index (χ1n) is 10.6. The summed E-state index contributed by atoms with van der Waals surface area (Å²) in [4.78, 5) is 48.9. The molecule has 2 aliphatic rings. The van der Waals surface area contributed by atoms with Gasteiger partial charge in [-0.15, -0.1) is 0 Å². The fourth-order valence-electron chi connectivity index (χ4n) is 4.50. The number of benzene rings is 1. The minimum atomic E-state index is -0.234. The molecule has 1 N–H and O–H groups in total. The minimum absolute atomic E-state index is 0.0168. The number of hydrogen-bond acceptors (Lipinski definition) is 4. The molecule has 3 heterocycles. The molecule has 158 valence electrons. The molecule has 1 fully saturated rings. The SMILES string of the molecule is CC(=O)N1CCc2c(nc([C@H]3CCCCN3C(=O)Cc3cccc(C)c3)[nH]c2=O)C1. The van der Waals surface area contributed by atoms with Gasteiger partial charge in [0.2, 0.25) is 11.8 Å². The molecule has 1 atom stereocenters. The van der Waals surface area contributed by atoms with Crippen LogP contribution in [-0.2, 0) is 29.0 Å². The average Bonchev–Trinajstić information content (AvgIpc) is 2.73. The molecule has 1 aromatic heterocycles. The van der Waals surface area contributed by atoms with Crippen molar-refractivity contribution in [3.63, 3.8) is 0 Å². The van der Waals surface area contributed by atoms with Crippen molar-refractivity contribution in [2.24, 2.45) is 0 Å². The summed E-state index contributed by atoms with van der Waals surface area (Å²) in [5.74, 6) is 0.578. The van der Waals surface area contributed by atoms with Gasteiger partial charge in [0.25, 0.3) is 5.56 Å². The molecule has 1 aromatic carbocycles. The highest BCUT2D eigenvalue weighted by Gasteiger charge is 2.31. The maximum atomic E-state index is 13.1. The van der Waals surface area contributed by atoms with Crippen molar-refractivity contribution in [1.29, 1.82) is 0 Å². The van der Waals surface area contributed by atoms with Crippen LogP contribution >= 0.6 is 0 Å². The quantitative estimate of drug-likeness (QED) is 0.844. The van der Waals surface area contributed by atoms with E-state index in [0.717, 1.165) is 30.4 Å². The summed E-state index contributed by atoms with van der Waals surface area (Å²) in [5, 5.41) is 0. The summed E-state index contributed by atoms with van der Waals surface area (Å²) in [6.07, 6.45) is 3.56. The molecular weight excluding hydrogens is 380 g/mol. The van der Waals surface area contributed by atoms with E-state index in [9.17, 15) is 14.4 Å². The lowest BCUT2D eigenvalue weighted by atomic mass is 9.99. The first kappa shape index (κ1) is 20.3. The Kier molecular flexibility index (Phi) is 5.70. The van der Waals surface area contributed by atoms with Gasteiger partial charge in [-0.2, -0.15) is 0 Å². The maximum Gasteiger partial charge on any atom is 0.254 e. The molecule has 0 saturated carbocycles. The Balaban J connectivity index is 1.60. The molecule has 2 aliphatic heterocycles. The largest absolute Gasteiger partial charge is 0.337 e. The monoisotopic (exact) mass is 408 g/mol. The first-order chi connectivity index (χ1) is 14.4. The lowest BCUT2D eigenvalue weighted by molar-refractivity contribution is -0.134. The second-order valence-electron chi connectivity index (χ2n) is 8.33. The number of likely N-dealkylation sites (tertiary alicyclic amines) is 1. The zero-order valence-electron chi connectivity index (χ0n) is 17.6. The number of fused-ring (bicyclic) bond motifs is 1. The van der Waals surface area contributed by atoms with Crippen molar-refractivity contribution in [3.05, 3.63) is 62.8 Å². The fraction of sp³-hybridized carbons (Fsp3) is 0.478. The van der Waals surface area contributed by atoms with Crippen LogP contribution in [0.4, 0.5) is 0 Å². The predicted molar refractivity (Wildman–Crippen MR) is 113 cm³/mol. The third kappa shape index (κ3) is 4.15. The van der Waals surface area contributed by atoms with E-state index in [-0.39, 0.29) is 23.4 Å². The van der Waals surface area contributed by atoms with Gasteiger partial charge in [-0.05, 0) is 38.2 Å². The molecule has 7 nitrogen and oxygen atoms in total. The predicted octanol–water partition coefficient (Wildman–Crippen LogP) is 2.28. The number of aromatic amines is 1. The van der Waals surface area contributed by atoms with Gasteiger partial charge in [-0.1, -0.05) is 29.8 Å². The number of aryl methyl sites for hydroxylation is 1. The van der Waals surface area contributed by atoms with Crippen molar-refractivity contribution < 1.29 is 9.59 Å². The van der Waals surface area contributed by atoms with Crippen LogP contribution in [0.2, 0.25) is 0 Å². The van der Waals surface area contributed by atoms with Crippen molar-refractivity contribution in [1.82, 2.24) is 19.8 Å². The molecule has 0 aliphatic carbocycles. The third-order valence-corrected chi connectivity index (χ3v) is 6.11. The number of rotatable bonds is 3. The molecule has 0 spiro atoms. The average molecular weight is 409 g/mol. The lowest BCUT2D eigenvalue weighted by Gasteiger charge is -2.36. The van der Waals surface area contributed by atoms with Crippen LogP contribution in [0.15, 0.2) is 29.1 Å². The molecule has 0 radical (unpaired) electrons. The first-order valence-corrected chi connectivity index (χ1v) is 10.6. The Labute approximate surface area is 176 Å². The second kappa shape index (κ2) is 8.42. The molecule has 0 bridgehead atoms. The van der Waals surface area contributed by atoms with Crippen LogP contribution in [0.3, 0.4) is 0 Å². The van der Waals surface area contributed by atoms with E-state index in [1.165, 1.54) is 6.92 Å². The number of aromatic nitrogens is 2. The van der Waals surface area contributed by atoms with E-state index in [4.69, 9.17) is 4.98 Å². The van der Waals surface area contributed by atoms with Crippen molar-refractivity contribution in [3.8, 4) is 0 Å². The fourth-order valence-corrected chi connectivity index (χ4v) is 4.50. The number of H-pyrrole nitrogens is 1. The highest BCUT2D eigenvalue weighted by molar-refractivity contribution is 5.79. The third-order valence-electron chi connectivity index (χ3n) is 6.11. The molecule has 2 aromatic rings. The zero-order chi connectivity index (χ0) is 21.3. The van der Waals surface area contributed by atoms with Crippen LogP contribution in [0.25, 0.3) is 0 Å². The molecule has 4 rings (SSSR count). The number of nitrogens with one attached hydrogen (secondary N) is 1. The highest BCUT2D eigenvalue weighted by atomic mass is 16.2. The van der Waals surface area contributed by atoms with E-state index in [1.807, 2.05) is 36.1 Å². The Morgan fingerprint density at radius 2 is 2.07 bits per heavy atom. The van der Waals surface area contributed by atoms with Gasteiger partial charge in [0.05, 0.1) is 24.7 Å². The van der Waals surface area contributed by atoms with E-state index >= 15 is 0 Å². The van der Waals surface area contributed by atoms with Gasteiger partial charge in [0.1, 0.15) is 5.82 Å². The van der Waals surface area contributed by atoms with Gasteiger partial charge < -0.3 is 14.8 Å². The Hall–Kier alpha value is -2.96. The standard InChI is InChI=1S/C23H28N4O3/c1-15-6-5-7-17(12-15)13-21(29)27-10-4-3-8-20(27)22-24-19-14-26(16(2)28)11-9-18(19)23(30)25-22/h5-7,12,20H,3-4,8-11,13-14H2,1-2H3,(H,24,25,30)/t20-/m1/s1. The van der Waals surface area contributed by atoms with Crippen molar-refractivity contribution in [2.45, 2.75) is 58.5 Å². The van der Waals surface area contributed by atoms with Crippen LogP contribution in [0, 0.1) is 6.92 Å². The van der Waals surface area contributed by atoms with Crippen molar-refractivity contribution >= 4 is 11.8 Å². The second-order valence-corrected chi connectivity index (χ2v) is 8.33. The summed E-state index contributed by atoms with van der Waals surface area (Å²) >= 11 is 0. The van der Waals surface area contributed by atoms with Crippen LogP contribution < -0.4 is 5.56 Å². The van der Waals surface area contributed by atoms with Crippen LogP contribution in [-0.4, -0.2) is 44.7 Å². The number of hydrogen-bond donors (Lipinski definition) is 1. The number of amides is 2. The number of carbonyl (C=O) groups is 2. The minimum Gasteiger partial charge on any atom is -0.337 e. The van der Waals surface area contributed by atoms with E-state index in [0.29, 0.717) is 49.6 Å². The molecule has 7 heteroatoms. The number of carbonyl (C=O) groups excluding carboxylic acids is 2. The van der Waals surface area contributed by atoms with Crippen LogP contribution in [0.5, 0.6) is 0 Å². The highest BCUT2D eigenvalue weighted by Crippen LogP contribution is 2.30. The zero-order valence-corrected chi connectivity index (χ0v) is 17.6. The molecule has 1 saturated heterocycles. The summed E-state index contributed by atoms with van der Waals surface area (Å²) in [7, 11) is 0. The Morgan fingerprint density at radius 3 is 2.83 bits per heavy atom.